The van der Waals surface area contributed by atoms with Crippen LogP contribution in [0, 0.1) is 5.92 Å². The van der Waals surface area contributed by atoms with Crippen LogP contribution in [0.5, 0.6) is 5.75 Å². The molecule has 0 aromatic heterocycles. The number of piperidine rings is 1. The molecule has 0 spiro atoms. The number of rotatable bonds is 11. The average molecular weight is 441 g/mol. The monoisotopic (exact) mass is 440 g/mol. The van der Waals surface area contributed by atoms with Gasteiger partial charge in [0.2, 0.25) is 0 Å². The first-order valence-electron chi connectivity index (χ1n) is 11.4. The number of carbonyl (C=O) groups excluding carboxylic acids is 1. The third-order valence-corrected chi connectivity index (χ3v) is 6.21. The maximum absolute atomic E-state index is 13.4. The Morgan fingerprint density at radius 3 is 2.38 bits per heavy atom. The van der Waals surface area contributed by atoms with Gasteiger partial charge in [-0.15, -0.1) is 0 Å². The molecular weight excluding hydrogens is 404 g/mol. The van der Waals surface area contributed by atoms with Gasteiger partial charge in [-0.2, -0.15) is 0 Å². The van der Waals surface area contributed by atoms with Gasteiger partial charge in [0.05, 0.1) is 13.7 Å². The largest absolute Gasteiger partial charge is 0.496 e. The summed E-state index contributed by atoms with van der Waals surface area (Å²) in [4.78, 5) is 17.7. The number of amides is 1. The van der Waals surface area contributed by atoms with Crippen molar-refractivity contribution in [3.8, 4) is 5.75 Å². The Balaban J connectivity index is 1.58. The van der Waals surface area contributed by atoms with Gasteiger partial charge >= 0.3 is 0 Å². The van der Waals surface area contributed by atoms with Crippen LogP contribution in [0.1, 0.15) is 30.1 Å². The van der Waals surface area contributed by atoms with Gasteiger partial charge in [0.25, 0.3) is 5.91 Å². The van der Waals surface area contributed by atoms with Gasteiger partial charge in [-0.1, -0.05) is 48.5 Å². The molecule has 1 aliphatic rings. The van der Waals surface area contributed by atoms with E-state index in [9.17, 15) is 4.79 Å². The molecule has 0 unspecified atom stereocenters. The van der Waals surface area contributed by atoms with E-state index in [2.05, 4.69) is 17.0 Å². The first-order chi connectivity index (χ1) is 15.7. The average Bonchev–Trinajstić information content (AvgIpc) is 2.84. The fourth-order valence-electron chi connectivity index (χ4n) is 4.38. The number of methoxy groups -OCH3 is 3. The molecule has 0 aliphatic carbocycles. The molecule has 0 N–H and O–H groups in total. The molecule has 1 heterocycles. The molecule has 2 aromatic rings. The van der Waals surface area contributed by atoms with Crippen LogP contribution in [0.15, 0.2) is 54.6 Å². The molecule has 0 bridgehead atoms. The quantitative estimate of drug-likeness (QED) is 0.532. The zero-order chi connectivity index (χ0) is 22.8. The predicted octanol–water partition coefficient (Wildman–Crippen LogP) is 3.77. The number of likely N-dealkylation sites (tertiary alicyclic amines) is 1. The number of nitrogens with zero attached hydrogens (tertiary/aromatic N) is 2. The van der Waals surface area contributed by atoms with Crippen molar-refractivity contribution in [2.45, 2.75) is 25.5 Å². The predicted molar refractivity (Wildman–Crippen MR) is 126 cm³/mol. The highest BCUT2D eigenvalue weighted by molar-refractivity contribution is 5.82. The van der Waals surface area contributed by atoms with Gasteiger partial charge in [0.1, 0.15) is 5.75 Å². The van der Waals surface area contributed by atoms with Crippen molar-refractivity contribution in [3.05, 3.63) is 65.7 Å². The van der Waals surface area contributed by atoms with Crippen molar-refractivity contribution in [3.63, 3.8) is 0 Å². The lowest BCUT2D eigenvalue weighted by Gasteiger charge is -2.36. The van der Waals surface area contributed by atoms with E-state index >= 15 is 0 Å². The number of para-hydroxylation sites is 1. The van der Waals surface area contributed by atoms with Crippen LogP contribution < -0.4 is 4.74 Å². The van der Waals surface area contributed by atoms with Crippen molar-refractivity contribution in [1.29, 1.82) is 0 Å². The molecule has 0 saturated carbocycles. The van der Waals surface area contributed by atoms with Crippen LogP contribution >= 0.6 is 0 Å². The summed E-state index contributed by atoms with van der Waals surface area (Å²) in [7, 11) is 4.99. The molecule has 174 valence electrons. The van der Waals surface area contributed by atoms with Gasteiger partial charge in [-0.3, -0.25) is 9.69 Å². The first kappa shape index (κ1) is 24.2. The molecule has 1 aliphatic heterocycles. The fourth-order valence-corrected chi connectivity index (χ4v) is 4.38. The van der Waals surface area contributed by atoms with Gasteiger partial charge < -0.3 is 19.1 Å². The molecular formula is C26H36N2O4. The summed E-state index contributed by atoms with van der Waals surface area (Å²) in [6.07, 6.45) is 1.54. The zero-order valence-electron chi connectivity index (χ0n) is 19.5. The third kappa shape index (κ3) is 6.55. The zero-order valence-corrected chi connectivity index (χ0v) is 19.5. The Hall–Kier alpha value is -2.41. The van der Waals surface area contributed by atoms with Gasteiger partial charge in [-0.05, 0) is 43.5 Å². The van der Waals surface area contributed by atoms with Crippen molar-refractivity contribution >= 4 is 5.91 Å². The number of ether oxygens (including phenoxy) is 3. The molecule has 3 rings (SSSR count). The Morgan fingerprint density at radius 1 is 1.03 bits per heavy atom. The van der Waals surface area contributed by atoms with E-state index in [1.165, 1.54) is 5.56 Å². The van der Waals surface area contributed by atoms with Crippen LogP contribution in [-0.2, 0) is 20.8 Å². The third-order valence-electron chi connectivity index (χ3n) is 6.21. The second-order valence-electron chi connectivity index (χ2n) is 8.33. The molecule has 1 atom stereocenters. The van der Waals surface area contributed by atoms with E-state index in [1.54, 1.807) is 21.3 Å². The minimum absolute atomic E-state index is 0.00667. The van der Waals surface area contributed by atoms with E-state index in [0.717, 1.165) is 50.3 Å². The Morgan fingerprint density at radius 2 is 1.72 bits per heavy atom. The maximum Gasteiger partial charge on any atom is 0.256 e. The number of hydrogen-bond donors (Lipinski definition) is 0. The molecule has 6 heteroatoms. The number of carbonyl (C=O) groups is 1. The minimum atomic E-state index is -0.585. The summed E-state index contributed by atoms with van der Waals surface area (Å²) >= 11 is 0. The molecule has 0 radical (unpaired) electrons. The highest BCUT2D eigenvalue weighted by Gasteiger charge is 2.29. The van der Waals surface area contributed by atoms with Gasteiger partial charge in [-0.25, -0.2) is 0 Å². The van der Waals surface area contributed by atoms with Crippen LogP contribution in [0.25, 0.3) is 0 Å². The van der Waals surface area contributed by atoms with Gasteiger partial charge in [0.15, 0.2) is 6.10 Å². The summed E-state index contributed by atoms with van der Waals surface area (Å²) in [5, 5.41) is 0. The number of benzene rings is 2. The van der Waals surface area contributed by atoms with E-state index in [-0.39, 0.29) is 5.91 Å². The molecule has 1 amide bonds. The molecule has 6 nitrogen and oxygen atoms in total. The van der Waals surface area contributed by atoms with E-state index in [4.69, 9.17) is 14.2 Å². The van der Waals surface area contributed by atoms with Crippen LogP contribution in [-0.4, -0.2) is 69.8 Å². The van der Waals surface area contributed by atoms with E-state index in [1.807, 2.05) is 47.4 Å². The topological polar surface area (TPSA) is 51.2 Å². The van der Waals surface area contributed by atoms with Crippen LogP contribution in [0.4, 0.5) is 0 Å². The van der Waals surface area contributed by atoms with Gasteiger partial charge in [0, 0.05) is 39.4 Å². The lowest BCUT2D eigenvalue weighted by Crippen LogP contribution is -2.44. The lowest BCUT2D eigenvalue weighted by atomic mass is 9.95. The van der Waals surface area contributed by atoms with Crippen molar-refractivity contribution in [2.24, 2.45) is 5.92 Å². The molecule has 1 saturated heterocycles. The van der Waals surface area contributed by atoms with Crippen LogP contribution in [0.2, 0.25) is 0 Å². The first-order valence-corrected chi connectivity index (χ1v) is 11.4. The van der Waals surface area contributed by atoms with E-state index < -0.39 is 6.10 Å². The SMILES string of the molecule is COCCN(CC1CCN(Cc2ccccc2OC)CC1)C(=O)[C@@H](OC)c1ccccc1. The Labute approximate surface area is 192 Å². The van der Waals surface area contributed by atoms with E-state index in [0.29, 0.717) is 19.1 Å². The minimum Gasteiger partial charge on any atom is -0.496 e. The highest BCUT2D eigenvalue weighted by Crippen LogP contribution is 2.25. The lowest BCUT2D eigenvalue weighted by molar-refractivity contribution is -0.144. The molecule has 1 fully saturated rings. The van der Waals surface area contributed by atoms with Crippen molar-refractivity contribution < 1.29 is 19.0 Å². The summed E-state index contributed by atoms with van der Waals surface area (Å²) in [5.74, 6) is 1.42. The summed E-state index contributed by atoms with van der Waals surface area (Å²) < 4.78 is 16.4. The fraction of sp³-hybridized carbons (Fsp3) is 0.500. The summed E-state index contributed by atoms with van der Waals surface area (Å²) in [6, 6.07) is 17.9. The maximum atomic E-state index is 13.4. The van der Waals surface area contributed by atoms with Crippen molar-refractivity contribution in [2.75, 3.05) is 54.1 Å². The van der Waals surface area contributed by atoms with Crippen LogP contribution in [0.3, 0.4) is 0 Å². The standard InChI is InChI=1S/C26H36N2O4/c1-30-18-17-28(26(29)25(32-3)22-9-5-4-6-10-22)19-21-13-15-27(16-14-21)20-23-11-7-8-12-24(23)31-2/h4-12,21,25H,13-20H2,1-3H3/t25-/m0/s1. The Kier molecular flexibility index (Phi) is 9.53. The summed E-state index contributed by atoms with van der Waals surface area (Å²) in [5.41, 5.74) is 2.10. The smallest absolute Gasteiger partial charge is 0.256 e. The van der Waals surface area contributed by atoms with Crippen molar-refractivity contribution in [1.82, 2.24) is 9.80 Å². The second-order valence-corrected chi connectivity index (χ2v) is 8.33. The molecule has 32 heavy (non-hydrogen) atoms. The Bertz CT molecular complexity index is 822. The highest BCUT2D eigenvalue weighted by atomic mass is 16.5. The number of hydrogen-bond acceptors (Lipinski definition) is 5. The normalized spacial score (nSPS) is 16.0. The summed E-state index contributed by atoms with van der Waals surface area (Å²) in [6.45, 7) is 4.75. The molecule has 2 aromatic carbocycles. The second kappa shape index (κ2) is 12.6.